The van der Waals surface area contributed by atoms with Crippen molar-refractivity contribution >= 4 is 12.1 Å². The highest BCUT2D eigenvalue weighted by Crippen LogP contribution is 2.34. The number of benzene rings is 1. The summed E-state index contributed by atoms with van der Waals surface area (Å²) in [5.74, 6) is 0.0523. The molecule has 1 aromatic rings. The molecule has 146 valence electrons. The Labute approximate surface area is 157 Å². The third-order valence-electron chi connectivity index (χ3n) is 4.08. The van der Waals surface area contributed by atoms with Crippen LogP contribution < -0.4 is 5.32 Å². The second-order valence-electron chi connectivity index (χ2n) is 8.17. The van der Waals surface area contributed by atoms with Gasteiger partial charge in [-0.1, -0.05) is 37.3 Å². The zero-order valence-electron chi connectivity index (χ0n) is 16.9. The fourth-order valence-electron chi connectivity index (χ4n) is 2.73. The molecule has 5 nitrogen and oxygen atoms in total. The van der Waals surface area contributed by atoms with Gasteiger partial charge in [0.25, 0.3) is 0 Å². The molecule has 0 spiro atoms. The van der Waals surface area contributed by atoms with Crippen LogP contribution in [0.2, 0.25) is 0 Å². The van der Waals surface area contributed by atoms with Crippen molar-refractivity contribution in [2.24, 2.45) is 5.41 Å². The van der Waals surface area contributed by atoms with E-state index in [-0.39, 0.29) is 19.1 Å². The third kappa shape index (κ3) is 7.89. The number of rotatable bonds is 8. The number of esters is 1. The monoisotopic (exact) mass is 363 g/mol. The van der Waals surface area contributed by atoms with Gasteiger partial charge in [0.05, 0.1) is 12.0 Å². The lowest BCUT2D eigenvalue weighted by molar-refractivity contribution is -0.154. The number of nitrogens with one attached hydrogen (secondary N) is 1. The SMILES string of the molecule is CCC(CC(C)(C)C(=O)OCCNC(=O)OC(C)(C)C)c1ccccc1. The Kier molecular flexibility index (Phi) is 8.12. The fraction of sp³-hybridized carbons (Fsp3) is 0.619. The Hall–Kier alpha value is -2.04. The molecule has 1 N–H and O–H groups in total. The van der Waals surface area contributed by atoms with Gasteiger partial charge in [-0.15, -0.1) is 0 Å². The minimum absolute atomic E-state index is 0.129. The number of hydrogen-bond acceptors (Lipinski definition) is 4. The Balaban J connectivity index is 2.46. The quantitative estimate of drug-likeness (QED) is 0.539. The van der Waals surface area contributed by atoms with Crippen molar-refractivity contribution in [2.45, 2.75) is 65.9 Å². The van der Waals surface area contributed by atoms with Gasteiger partial charge in [-0.05, 0) is 58.9 Å². The molecule has 0 fully saturated rings. The van der Waals surface area contributed by atoms with Crippen molar-refractivity contribution in [3.63, 3.8) is 0 Å². The molecule has 0 aliphatic carbocycles. The molecule has 0 saturated carbocycles. The number of carbonyl (C=O) groups is 2. The Morgan fingerprint density at radius 2 is 1.69 bits per heavy atom. The maximum Gasteiger partial charge on any atom is 0.407 e. The van der Waals surface area contributed by atoms with Crippen LogP contribution in [0.5, 0.6) is 0 Å². The summed E-state index contributed by atoms with van der Waals surface area (Å²) in [5.41, 5.74) is 0.0973. The maximum atomic E-state index is 12.5. The van der Waals surface area contributed by atoms with Crippen LogP contribution in [-0.4, -0.2) is 30.8 Å². The molecular weight excluding hydrogens is 330 g/mol. The molecule has 0 saturated heterocycles. The van der Waals surface area contributed by atoms with Crippen molar-refractivity contribution < 1.29 is 19.1 Å². The van der Waals surface area contributed by atoms with Gasteiger partial charge in [0.2, 0.25) is 0 Å². The second-order valence-corrected chi connectivity index (χ2v) is 8.17. The number of amides is 1. The standard InChI is InChI=1S/C21H33NO4/c1-7-16(17-11-9-8-10-12-17)15-21(5,6)18(23)25-14-13-22-19(24)26-20(2,3)4/h8-12,16H,7,13-15H2,1-6H3,(H,22,24). The summed E-state index contributed by atoms with van der Waals surface area (Å²) in [7, 11) is 0. The van der Waals surface area contributed by atoms with Crippen LogP contribution in [0.25, 0.3) is 0 Å². The van der Waals surface area contributed by atoms with Gasteiger partial charge in [0.1, 0.15) is 12.2 Å². The Morgan fingerprint density at radius 3 is 2.23 bits per heavy atom. The highest BCUT2D eigenvalue weighted by atomic mass is 16.6. The summed E-state index contributed by atoms with van der Waals surface area (Å²) in [6, 6.07) is 10.2. The number of alkyl carbamates (subject to hydrolysis) is 1. The molecule has 1 unspecified atom stereocenters. The topological polar surface area (TPSA) is 64.6 Å². The van der Waals surface area contributed by atoms with Crippen LogP contribution in [0.1, 0.15) is 65.9 Å². The first-order valence-electron chi connectivity index (χ1n) is 9.24. The van der Waals surface area contributed by atoms with Crippen molar-refractivity contribution in [1.82, 2.24) is 5.32 Å². The predicted molar refractivity (Wildman–Crippen MR) is 103 cm³/mol. The van der Waals surface area contributed by atoms with E-state index in [1.54, 1.807) is 20.8 Å². The molecule has 0 aliphatic heterocycles. The van der Waals surface area contributed by atoms with E-state index in [4.69, 9.17) is 9.47 Å². The lowest BCUT2D eigenvalue weighted by Gasteiger charge is -2.27. The van der Waals surface area contributed by atoms with Gasteiger partial charge in [-0.25, -0.2) is 4.79 Å². The highest BCUT2D eigenvalue weighted by Gasteiger charge is 2.32. The average Bonchev–Trinajstić information content (AvgIpc) is 2.55. The zero-order chi connectivity index (χ0) is 19.8. The van der Waals surface area contributed by atoms with Crippen LogP contribution >= 0.6 is 0 Å². The third-order valence-corrected chi connectivity index (χ3v) is 4.08. The van der Waals surface area contributed by atoms with Crippen molar-refractivity contribution in [2.75, 3.05) is 13.2 Å². The van der Waals surface area contributed by atoms with Crippen molar-refractivity contribution in [3.05, 3.63) is 35.9 Å². The summed E-state index contributed by atoms with van der Waals surface area (Å²) >= 11 is 0. The van der Waals surface area contributed by atoms with E-state index in [1.165, 1.54) is 5.56 Å². The van der Waals surface area contributed by atoms with Crippen LogP contribution in [0.4, 0.5) is 4.79 Å². The Bertz CT molecular complexity index is 575. The lowest BCUT2D eigenvalue weighted by atomic mass is 9.79. The minimum Gasteiger partial charge on any atom is -0.463 e. The van der Waals surface area contributed by atoms with Crippen molar-refractivity contribution in [3.8, 4) is 0 Å². The van der Waals surface area contributed by atoms with E-state index in [1.807, 2.05) is 32.0 Å². The Morgan fingerprint density at radius 1 is 1.08 bits per heavy atom. The van der Waals surface area contributed by atoms with Crippen molar-refractivity contribution in [1.29, 1.82) is 0 Å². The fourth-order valence-corrected chi connectivity index (χ4v) is 2.73. The second kappa shape index (κ2) is 9.60. The molecule has 26 heavy (non-hydrogen) atoms. The first-order chi connectivity index (χ1) is 12.0. The lowest BCUT2D eigenvalue weighted by Crippen LogP contribution is -2.36. The molecule has 0 heterocycles. The van der Waals surface area contributed by atoms with E-state index >= 15 is 0 Å². The molecule has 5 heteroatoms. The molecule has 1 aromatic carbocycles. The summed E-state index contributed by atoms with van der Waals surface area (Å²) in [6.45, 7) is 11.7. The van der Waals surface area contributed by atoms with E-state index in [0.29, 0.717) is 12.3 Å². The minimum atomic E-state index is -0.595. The molecule has 0 aromatic heterocycles. The maximum absolute atomic E-state index is 12.5. The number of ether oxygens (including phenoxy) is 2. The van der Waals surface area contributed by atoms with Crippen LogP contribution in [0.15, 0.2) is 30.3 Å². The summed E-state index contributed by atoms with van der Waals surface area (Å²) < 4.78 is 10.5. The first kappa shape index (κ1) is 22.0. The predicted octanol–water partition coefficient (Wildman–Crippen LogP) is 4.66. The molecular formula is C21H33NO4. The smallest absolute Gasteiger partial charge is 0.407 e. The summed E-state index contributed by atoms with van der Waals surface area (Å²) in [4.78, 5) is 24.0. The highest BCUT2D eigenvalue weighted by molar-refractivity contribution is 5.76. The molecule has 0 bridgehead atoms. The van der Waals surface area contributed by atoms with E-state index < -0.39 is 17.1 Å². The van der Waals surface area contributed by atoms with Gasteiger partial charge in [-0.3, -0.25) is 4.79 Å². The normalized spacial score (nSPS) is 13.0. The molecule has 1 amide bonds. The van der Waals surface area contributed by atoms with Gasteiger partial charge >= 0.3 is 12.1 Å². The largest absolute Gasteiger partial charge is 0.463 e. The van der Waals surface area contributed by atoms with Crippen LogP contribution in [-0.2, 0) is 14.3 Å². The summed E-state index contributed by atoms with van der Waals surface area (Å²) in [5, 5.41) is 2.59. The van der Waals surface area contributed by atoms with Gasteiger partial charge in [0, 0.05) is 0 Å². The molecule has 1 rings (SSSR count). The van der Waals surface area contributed by atoms with Gasteiger partial charge in [-0.2, -0.15) is 0 Å². The first-order valence-corrected chi connectivity index (χ1v) is 9.24. The van der Waals surface area contributed by atoms with E-state index in [9.17, 15) is 9.59 Å². The molecule has 1 atom stereocenters. The molecule has 0 radical (unpaired) electrons. The zero-order valence-corrected chi connectivity index (χ0v) is 16.9. The van der Waals surface area contributed by atoms with Gasteiger partial charge in [0.15, 0.2) is 0 Å². The van der Waals surface area contributed by atoms with E-state index in [0.717, 1.165) is 6.42 Å². The number of carbonyl (C=O) groups excluding carboxylic acids is 2. The van der Waals surface area contributed by atoms with E-state index in [2.05, 4.69) is 24.4 Å². The van der Waals surface area contributed by atoms with Gasteiger partial charge < -0.3 is 14.8 Å². The average molecular weight is 363 g/mol. The summed E-state index contributed by atoms with van der Waals surface area (Å²) in [6.07, 6.45) is 1.16. The van der Waals surface area contributed by atoms with Crippen LogP contribution in [0.3, 0.4) is 0 Å². The molecule has 0 aliphatic rings. The van der Waals surface area contributed by atoms with Crippen LogP contribution in [0, 0.1) is 5.41 Å². The number of hydrogen-bond donors (Lipinski definition) is 1.